The molecule has 24 heavy (non-hydrogen) atoms. The van der Waals surface area contributed by atoms with Crippen molar-refractivity contribution in [1.29, 1.82) is 0 Å². The molecule has 3 nitrogen and oxygen atoms in total. The standard InChI is InChI=1S/C21H19NO2/c1-15-5-3-7-18(13-15)21(19-8-4-6-16(2)14-19)17-9-11-20(12-10-17)22(23)24/h3-14,21H,1-2H3. The van der Waals surface area contributed by atoms with Crippen LogP contribution in [0.4, 0.5) is 5.69 Å². The van der Waals surface area contributed by atoms with Crippen molar-refractivity contribution in [2.45, 2.75) is 19.8 Å². The van der Waals surface area contributed by atoms with Crippen LogP contribution < -0.4 is 0 Å². The van der Waals surface area contributed by atoms with Gasteiger partial charge in [0.1, 0.15) is 0 Å². The molecular weight excluding hydrogens is 298 g/mol. The molecule has 0 aromatic heterocycles. The summed E-state index contributed by atoms with van der Waals surface area (Å²) in [6.07, 6.45) is 0. The van der Waals surface area contributed by atoms with Gasteiger partial charge in [-0.3, -0.25) is 10.1 Å². The molecule has 0 unspecified atom stereocenters. The predicted octanol–water partition coefficient (Wildman–Crippen LogP) is 5.39. The van der Waals surface area contributed by atoms with E-state index in [9.17, 15) is 10.1 Å². The number of nitro benzene ring substituents is 1. The smallest absolute Gasteiger partial charge is 0.258 e. The zero-order valence-corrected chi connectivity index (χ0v) is 13.8. The van der Waals surface area contributed by atoms with E-state index in [1.165, 1.54) is 22.3 Å². The van der Waals surface area contributed by atoms with Crippen LogP contribution in [-0.2, 0) is 0 Å². The van der Waals surface area contributed by atoms with Gasteiger partial charge in [0.15, 0.2) is 0 Å². The lowest BCUT2D eigenvalue weighted by Crippen LogP contribution is -2.04. The molecule has 3 rings (SSSR count). The molecule has 0 radical (unpaired) electrons. The predicted molar refractivity (Wildman–Crippen MR) is 96.4 cm³/mol. The number of non-ortho nitro benzene ring substituents is 1. The third-order valence-corrected chi connectivity index (χ3v) is 4.19. The van der Waals surface area contributed by atoms with Gasteiger partial charge in [-0.15, -0.1) is 0 Å². The van der Waals surface area contributed by atoms with E-state index >= 15 is 0 Å². The van der Waals surface area contributed by atoms with Crippen molar-refractivity contribution in [3.63, 3.8) is 0 Å². The summed E-state index contributed by atoms with van der Waals surface area (Å²) in [6.45, 7) is 4.15. The van der Waals surface area contributed by atoms with Crippen LogP contribution >= 0.6 is 0 Å². The Morgan fingerprint density at radius 3 is 1.67 bits per heavy atom. The summed E-state index contributed by atoms with van der Waals surface area (Å²) in [4.78, 5) is 10.6. The highest BCUT2D eigenvalue weighted by Crippen LogP contribution is 2.33. The van der Waals surface area contributed by atoms with Gasteiger partial charge in [-0.1, -0.05) is 71.8 Å². The SMILES string of the molecule is Cc1cccc(C(c2ccc([N+](=O)[O-])cc2)c2cccc(C)c2)c1. The molecule has 120 valence electrons. The van der Waals surface area contributed by atoms with Crippen LogP contribution in [0.25, 0.3) is 0 Å². The number of benzene rings is 3. The molecule has 0 aliphatic heterocycles. The van der Waals surface area contributed by atoms with E-state index < -0.39 is 0 Å². The van der Waals surface area contributed by atoms with Crippen molar-refractivity contribution in [1.82, 2.24) is 0 Å². The molecule has 3 aromatic rings. The molecule has 0 amide bonds. The van der Waals surface area contributed by atoms with Crippen LogP contribution in [0.5, 0.6) is 0 Å². The molecule has 0 saturated carbocycles. The minimum atomic E-state index is -0.363. The van der Waals surface area contributed by atoms with Gasteiger partial charge in [-0.05, 0) is 30.5 Å². The van der Waals surface area contributed by atoms with E-state index in [1.54, 1.807) is 12.1 Å². The summed E-state index contributed by atoms with van der Waals surface area (Å²) in [5, 5.41) is 10.9. The zero-order chi connectivity index (χ0) is 17.1. The van der Waals surface area contributed by atoms with Crippen molar-refractivity contribution in [3.05, 3.63) is 111 Å². The van der Waals surface area contributed by atoms with Crippen molar-refractivity contribution in [2.75, 3.05) is 0 Å². The molecule has 0 aliphatic carbocycles. The second-order valence-electron chi connectivity index (χ2n) is 6.11. The zero-order valence-electron chi connectivity index (χ0n) is 13.8. The van der Waals surface area contributed by atoms with Crippen LogP contribution in [0.15, 0.2) is 72.8 Å². The number of nitrogens with zero attached hydrogens (tertiary/aromatic N) is 1. The lowest BCUT2D eigenvalue weighted by atomic mass is 9.84. The second kappa shape index (κ2) is 6.67. The topological polar surface area (TPSA) is 43.1 Å². The van der Waals surface area contributed by atoms with Gasteiger partial charge < -0.3 is 0 Å². The van der Waals surface area contributed by atoms with Gasteiger partial charge >= 0.3 is 0 Å². The average molecular weight is 317 g/mol. The number of hydrogen-bond donors (Lipinski definition) is 0. The number of nitro groups is 1. The molecule has 0 atom stereocenters. The van der Waals surface area contributed by atoms with Crippen molar-refractivity contribution in [3.8, 4) is 0 Å². The number of aryl methyl sites for hydroxylation is 2. The molecule has 3 aromatic carbocycles. The molecule has 0 bridgehead atoms. The first kappa shape index (κ1) is 15.9. The summed E-state index contributed by atoms with van der Waals surface area (Å²) >= 11 is 0. The van der Waals surface area contributed by atoms with Gasteiger partial charge in [0, 0.05) is 18.1 Å². The normalized spacial score (nSPS) is 10.8. The second-order valence-corrected chi connectivity index (χ2v) is 6.11. The van der Waals surface area contributed by atoms with Crippen molar-refractivity contribution in [2.24, 2.45) is 0 Å². The van der Waals surface area contributed by atoms with Crippen LogP contribution in [0.2, 0.25) is 0 Å². The van der Waals surface area contributed by atoms with Gasteiger partial charge in [0.2, 0.25) is 0 Å². The van der Waals surface area contributed by atoms with E-state index in [2.05, 4.69) is 62.4 Å². The van der Waals surface area contributed by atoms with Gasteiger partial charge in [-0.2, -0.15) is 0 Å². The van der Waals surface area contributed by atoms with Crippen LogP contribution in [0, 0.1) is 24.0 Å². The van der Waals surface area contributed by atoms with Crippen molar-refractivity contribution >= 4 is 5.69 Å². The molecule has 0 heterocycles. The van der Waals surface area contributed by atoms with Gasteiger partial charge in [0.05, 0.1) is 4.92 Å². The summed E-state index contributed by atoms with van der Waals surface area (Å²) in [5.74, 6) is 0.0607. The van der Waals surface area contributed by atoms with Gasteiger partial charge in [0.25, 0.3) is 5.69 Å². The fraction of sp³-hybridized carbons (Fsp3) is 0.143. The minimum absolute atomic E-state index is 0.0607. The summed E-state index contributed by atoms with van der Waals surface area (Å²) < 4.78 is 0. The Hall–Kier alpha value is -2.94. The minimum Gasteiger partial charge on any atom is -0.258 e. The Bertz CT molecular complexity index is 824. The lowest BCUT2D eigenvalue weighted by molar-refractivity contribution is -0.384. The van der Waals surface area contributed by atoms with E-state index in [1.807, 2.05) is 12.1 Å². The summed E-state index contributed by atoms with van der Waals surface area (Å²) in [7, 11) is 0. The molecule has 0 saturated heterocycles. The highest BCUT2D eigenvalue weighted by molar-refractivity contribution is 5.47. The monoisotopic (exact) mass is 317 g/mol. The maximum atomic E-state index is 10.9. The maximum Gasteiger partial charge on any atom is 0.269 e. The molecule has 0 fully saturated rings. The number of hydrogen-bond acceptors (Lipinski definition) is 2. The largest absolute Gasteiger partial charge is 0.269 e. The first-order chi connectivity index (χ1) is 11.5. The fourth-order valence-electron chi connectivity index (χ4n) is 3.07. The third kappa shape index (κ3) is 3.35. The summed E-state index contributed by atoms with van der Waals surface area (Å²) in [5.41, 5.74) is 5.95. The van der Waals surface area contributed by atoms with Gasteiger partial charge in [-0.25, -0.2) is 0 Å². The van der Waals surface area contributed by atoms with Crippen molar-refractivity contribution < 1.29 is 4.92 Å². The van der Waals surface area contributed by atoms with Crippen LogP contribution in [-0.4, -0.2) is 4.92 Å². The van der Waals surface area contributed by atoms with Crippen LogP contribution in [0.1, 0.15) is 33.7 Å². The van der Waals surface area contributed by atoms with E-state index in [0.29, 0.717) is 0 Å². The van der Waals surface area contributed by atoms with Crippen LogP contribution in [0.3, 0.4) is 0 Å². The first-order valence-corrected chi connectivity index (χ1v) is 7.92. The summed E-state index contributed by atoms with van der Waals surface area (Å²) in [6, 6.07) is 23.7. The lowest BCUT2D eigenvalue weighted by Gasteiger charge is -2.20. The Morgan fingerprint density at radius 2 is 1.25 bits per heavy atom. The Kier molecular flexibility index (Phi) is 4.43. The number of rotatable bonds is 4. The van der Waals surface area contributed by atoms with E-state index in [0.717, 1.165) is 5.56 Å². The third-order valence-electron chi connectivity index (χ3n) is 4.19. The Balaban J connectivity index is 2.13. The van der Waals surface area contributed by atoms with E-state index in [-0.39, 0.29) is 16.5 Å². The molecular formula is C21H19NO2. The first-order valence-electron chi connectivity index (χ1n) is 7.92. The Morgan fingerprint density at radius 1 is 0.750 bits per heavy atom. The van der Waals surface area contributed by atoms with E-state index in [4.69, 9.17) is 0 Å². The molecule has 0 aliphatic rings. The maximum absolute atomic E-state index is 10.9. The fourth-order valence-corrected chi connectivity index (χ4v) is 3.07. The highest BCUT2D eigenvalue weighted by Gasteiger charge is 2.18. The highest BCUT2D eigenvalue weighted by atomic mass is 16.6. The Labute approximate surface area is 141 Å². The molecule has 0 spiro atoms. The average Bonchev–Trinajstić information content (AvgIpc) is 2.56. The molecule has 0 N–H and O–H groups in total. The quantitative estimate of drug-likeness (QED) is 0.368. The molecule has 3 heteroatoms.